The smallest absolute Gasteiger partial charge is 0.0586 e. The molecule has 94 valence electrons. The lowest BCUT2D eigenvalue weighted by Gasteiger charge is -2.34. The molecule has 1 aromatic carbocycles. The highest BCUT2D eigenvalue weighted by atomic mass is 31.0. The molecule has 1 N–H and O–H groups in total. The van der Waals surface area contributed by atoms with Crippen LogP contribution in [0.4, 0.5) is 0 Å². The molecule has 2 atom stereocenters. The summed E-state index contributed by atoms with van der Waals surface area (Å²) in [5, 5.41) is 10.7. The SMILES string of the molecule is OC[C@@H]1CCCCN1CCc1ccccc1P. The van der Waals surface area contributed by atoms with Gasteiger partial charge in [-0.2, -0.15) is 0 Å². The van der Waals surface area contributed by atoms with Crippen LogP contribution in [-0.4, -0.2) is 35.7 Å². The van der Waals surface area contributed by atoms with Crippen molar-refractivity contribution < 1.29 is 5.11 Å². The van der Waals surface area contributed by atoms with E-state index in [-0.39, 0.29) is 0 Å². The summed E-state index contributed by atoms with van der Waals surface area (Å²) in [4.78, 5) is 2.45. The van der Waals surface area contributed by atoms with E-state index >= 15 is 0 Å². The molecule has 0 amide bonds. The third-order valence-electron chi connectivity index (χ3n) is 3.68. The average molecular weight is 251 g/mol. The minimum atomic E-state index is 0.308. The summed E-state index contributed by atoms with van der Waals surface area (Å²) in [5.41, 5.74) is 1.40. The van der Waals surface area contributed by atoms with Gasteiger partial charge in [0.25, 0.3) is 0 Å². The molecule has 17 heavy (non-hydrogen) atoms. The normalized spacial score (nSPS) is 21.6. The summed E-state index contributed by atoms with van der Waals surface area (Å²) in [6.07, 6.45) is 4.77. The van der Waals surface area contributed by atoms with Crippen LogP contribution in [0, 0.1) is 0 Å². The molecule has 0 aliphatic carbocycles. The lowest BCUT2D eigenvalue weighted by molar-refractivity contribution is 0.0914. The Labute approximate surface area is 106 Å². The first-order valence-corrected chi connectivity index (χ1v) is 7.07. The maximum absolute atomic E-state index is 9.37. The van der Waals surface area contributed by atoms with Crippen LogP contribution >= 0.6 is 9.24 Å². The molecule has 1 saturated heterocycles. The number of nitrogens with zero attached hydrogens (tertiary/aromatic N) is 1. The molecule has 0 aromatic heterocycles. The van der Waals surface area contributed by atoms with Gasteiger partial charge in [-0.05, 0) is 36.7 Å². The van der Waals surface area contributed by atoms with Crippen molar-refractivity contribution in [3.8, 4) is 0 Å². The predicted molar refractivity (Wildman–Crippen MR) is 75.8 cm³/mol. The molecule has 1 heterocycles. The molecular formula is C14H22NOP. The van der Waals surface area contributed by atoms with E-state index in [1.54, 1.807) is 0 Å². The van der Waals surface area contributed by atoms with Gasteiger partial charge in [-0.25, -0.2) is 0 Å². The summed E-state index contributed by atoms with van der Waals surface area (Å²) in [6, 6.07) is 8.90. The van der Waals surface area contributed by atoms with Crippen LogP contribution in [0.1, 0.15) is 24.8 Å². The first kappa shape index (κ1) is 13.0. The Hall–Kier alpha value is -0.430. The van der Waals surface area contributed by atoms with Crippen molar-refractivity contribution in [1.29, 1.82) is 0 Å². The number of aliphatic hydroxyl groups excluding tert-OH is 1. The van der Waals surface area contributed by atoms with Gasteiger partial charge < -0.3 is 5.11 Å². The quantitative estimate of drug-likeness (QED) is 0.821. The number of rotatable bonds is 4. The molecular weight excluding hydrogens is 229 g/mol. The zero-order valence-corrected chi connectivity index (χ0v) is 11.5. The predicted octanol–water partition coefficient (Wildman–Crippen LogP) is 1.58. The number of hydrogen-bond acceptors (Lipinski definition) is 2. The molecule has 2 nitrogen and oxygen atoms in total. The molecule has 0 bridgehead atoms. The van der Waals surface area contributed by atoms with E-state index in [0.717, 1.165) is 25.9 Å². The van der Waals surface area contributed by atoms with E-state index in [0.29, 0.717) is 12.6 Å². The van der Waals surface area contributed by atoms with Crippen LogP contribution in [0.5, 0.6) is 0 Å². The standard InChI is InChI=1S/C14H22NOP/c16-11-13-6-3-4-9-15(13)10-8-12-5-1-2-7-14(12)17/h1-2,5,7,13,16H,3-4,6,8-11,17H2/t13-/m0/s1. The molecule has 0 spiro atoms. The van der Waals surface area contributed by atoms with E-state index in [4.69, 9.17) is 0 Å². The van der Waals surface area contributed by atoms with E-state index in [1.807, 2.05) is 0 Å². The number of piperidine rings is 1. The first-order chi connectivity index (χ1) is 8.31. The lowest BCUT2D eigenvalue weighted by Crippen LogP contribution is -2.43. The van der Waals surface area contributed by atoms with Crippen molar-refractivity contribution in [2.24, 2.45) is 0 Å². The maximum atomic E-state index is 9.37. The largest absolute Gasteiger partial charge is 0.395 e. The van der Waals surface area contributed by atoms with Gasteiger partial charge in [0.2, 0.25) is 0 Å². The second-order valence-corrected chi connectivity index (χ2v) is 5.44. The Morgan fingerprint density at radius 3 is 2.88 bits per heavy atom. The molecule has 3 heteroatoms. The van der Waals surface area contributed by atoms with Gasteiger partial charge >= 0.3 is 0 Å². The summed E-state index contributed by atoms with van der Waals surface area (Å²) < 4.78 is 0. The van der Waals surface area contributed by atoms with Crippen molar-refractivity contribution in [2.45, 2.75) is 31.7 Å². The lowest BCUT2D eigenvalue weighted by atomic mass is 10.0. The molecule has 1 fully saturated rings. The fraction of sp³-hybridized carbons (Fsp3) is 0.571. The molecule has 1 aliphatic rings. The number of likely N-dealkylation sites (tertiary alicyclic amines) is 1. The minimum Gasteiger partial charge on any atom is -0.395 e. The highest BCUT2D eigenvalue weighted by molar-refractivity contribution is 7.27. The summed E-state index contributed by atoms with van der Waals surface area (Å²) in [6.45, 7) is 2.52. The van der Waals surface area contributed by atoms with E-state index in [2.05, 4.69) is 38.4 Å². The van der Waals surface area contributed by atoms with Gasteiger partial charge in [0, 0.05) is 12.6 Å². The van der Waals surface area contributed by atoms with Crippen LogP contribution in [0.15, 0.2) is 24.3 Å². The van der Waals surface area contributed by atoms with Crippen LogP contribution in [0.3, 0.4) is 0 Å². The Morgan fingerprint density at radius 1 is 1.29 bits per heavy atom. The van der Waals surface area contributed by atoms with Crippen molar-refractivity contribution >= 4 is 14.5 Å². The van der Waals surface area contributed by atoms with Gasteiger partial charge in [0.1, 0.15) is 0 Å². The topological polar surface area (TPSA) is 23.5 Å². The average Bonchev–Trinajstić information content (AvgIpc) is 2.38. The van der Waals surface area contributed by atoms with Crippen LogP contribution in [0.2, 0.25) is 0 Å². The van der Waals surface area contributed by atoms with E-state index in [1.165, 1.54) is 23.7 Å². The fourth-order valence-electron chi connectivity index (χ4n) is 2.59. The summed E-state index contributed by atoms with van der Waals surface area (Å²) in [7, 11) is 2.80. The van der Waals surface area contributed by atoms with Crippen molar-refractivity contribution in [3.05, 3.63) is 29.8 Å². The summed E-state index contributed by atoms with van der Waals surface area (Å²) in [5.74, 6) is 0. The monoisotopic (exact) mass is 251 g/mol. The number of aliphatic hydroxyl groups is 1. The van der Waals surface area contributed by atoms with Crippen molar-refractivity contribution in [3.63, 3.8) is 0 Å². The third kappa shape index (κ3) is 3.51. The highest BCUT2D eigenvalue weighted by Gasteiger charge is 2.20. The molecule has 2 rings (SSSR count). The Kier molecular flexibility index (Phi) is 4.97. The third-order valence-corrected chi connectivity index (χ3v) is 4.25. The van der Waals surface area contributed by atoms with Gasteiger partial charge in [-0.15, -0.1) is 9.24 Å². The fourth-order valence-corrected chi connectivity index (χ4v) is 2.94. The highest BCUT2D eigenvalue weighted by Crippen LogP contribution is 2.17. The van der Waals surface area contributed by atoms with Crippen LogP contribution < -0.4 is 5.30 Å². The van der Waals surface area contributed by atoms with Crippen LogP contribution in [-0.2, 0) is 6.42 Å². The van der Waals surface area contributed by atoms with Crippen molar-refractivity contribution in [1.82, 2.24) is 4.90 Å². The van der Waals surface area contributed by atoms with Gasteiger partial charge in [-0.1, -0.05) is 30.7 Å². The molecule has 1 aromatic rings. The first-order valence-electron chi connectivity index (χ1n) is 6.49. The Balaban J connectivity index is 1.90. The van der Waals surface area contributed by atoms with Crippen LogP contribution in [0.25, 0.3) is 0 Å². The zero-order valence-electron chi connectivity index (χ0n) is 10.3. The second-order valence-electron chi connectivity index (χ2n) is 4.82. The van der Waals surface area contributed by atoms with E-state index < -0.39 is 0 Å². The van der Waals surface area contributed by atoms with Gasteiger partial charge in [0.05, 0.1) is 6.61 Å². The van der Waals surface area contributed by atoms with Crippen molar-refractivity contribution in [2.75, 3.05) is 19.7 Å². The van der Waals surface area contributed by atoms with Gasteiger partial charge in [-0.3, -0.25) is 4.90 Å². The number of hydrogen-bond donors (Lipinski definition) is 1. The maximum Gasteiger partial charge on any atom is 0.0586 e. The second kappa shape index (κ2) is 6.49. The summed E-state index contributed by atoms with van der Waals surface area (Å²) >= 11 is 0. The Morgan fingerprint density at radius 2 is 2.12 bits per heavy atom. The minimum absolute atomic E-state index is 0.308. The molecule has 1 aliphatic heterocycles. The van der Waals surface area contributed by atoms with E-state index in [9.17, 15) is 5.11 Å². The molecule has 0 saturated carbocycles. The molecule has 1 unspecified atom stereocenters. The Bertz CT molecular complexity index is 356. The zero-order chi connectivity index (χ0) is 12.1. The molecule has 0 radical (unpaired) electrons. The number of benzene rings is 1. The van der Waals surface area contributed by atoms with Gasteiger partial charge in [0.15, 0.2) is 0 Å².